The fourth-order valence-corrected chi connectivity index (χ4v) is 10.5. The zero-order valence-corrected chi connectivity index (χ0v) is 23.8. The van der Waals surface area contributed by atoms with Crippen molar-refractivity contribution in [1.82, 2.24) is 0 Å². The highest BCUT2D eigenvalue weighted by Gasteiger charge is 2.68. The van der Waals surface area contributed by atoms with Gasteiger partial charge in [-0.15, -0.1) is 0 Å². The first-order valence-corrected chi connectivity index (χ1v) is 14.4. The van der Waals surface area contributed by atoms with Gasteiger partial charge in [-0.25, -0.2) is 0 Å². The number of aliphatic hydroxyl groups is 1. The van der Waals surface area contributed by atoms with Gasteiger partial charge in [-0.3, -0.25) is 4.79 Å². The number of fused-ring (bicyclic) bond motifs is 7. The molecule has 0 spiro atoms. The summed E-state index contributed by atoms with van der Waals surface area (Å²) in [6.07, 6.45) is 12.3. The van der Waals surface area contributed by atoms with Crippen LogP contribution in [0, 0.1) is 50.7 Å². The molecule has 5 aliphatic rings. The predicted molar refractivity (Wildman–Crippen MR) is 142 cm³/mol. The van der Waals surface area contributed by atoms with E-state index in [0.29, 0.717) is 23.7 Å². The molecular formula is C32H50O3. The van der Waals surface area contributed by atoms with Crippen LogP contribution in [0.2, 0.25) is 0 Å². The minimum atomic E-state index is -0.503. The minimum absolute atomic E-state index is 0.0510. The highest BCUT2D eigenvalue weighted by molar-refractivity contribution is 5.66. The first-order chi connectivity index (χ1) is 16.1. The van der Waals surface area contributed by atoms with Gasteiger partial charge in [0.2, 0.25) is 0 Å². The number of hydrogen-bond acceptors (Lipinski definition) is 3. The average molecular weight is 483 g/mol. The molecule has 35 heavy (non-hydrogen) atoms. The van der Waals surface area contributed by atoms with Gasteiger partial charge < -0.3 is 9.84 Å². The summed E-state index contributed by atoms with van der Waals surface area (Å²) >= 11 is 0. The summed E-state index contributed by atoms with van der Waals surface area (Å²) in [5.41, 5.74) is 3.31. The van der Waals surface area contributed by atoms with E-state index in [9.17, 15) is 9.90 Å². The van der Waals surface area contributed by atoms with Crippen molar-refractivity contribution in [1.29, 1.82) is 0 Å². The summed E-state index contributed by atoms with van der Waals surface area (Å²) in [5.74, 6) is 2.20. The standard InChI is InChI=1S/C32H50O3/c1-19-12-14-29(6)16-17-30(7)22(27(29)20(19)2)10-11-24-31(30,8)15-13-23-28(4,5)26(35-21(3)33)18-25(34)32(23,24)9/h10-11,19-20,23,25-27,34H,12-18H2,1-9H3/t19-,20+,23+,25-,26+,27-,29-,30-,31-,32+/m1/s1. The van der Waals surface area contributed by atoms with E-state index in [1.54, 1.807) is 5.57 Å². The van der Waals surface area contributed by atoms with Crippen LogP contribution in [0.3, 0.4) is 0 Å². The van der Waals surface area contributed by atoms with E-state index >= 15 is 0 Å². The third-order valence-electron chi connectivity index (χ3n) is 13.2. The molecule has 0 aromatic rings. The molecule has 0 unspecified atom stereocenters. The molecule has 3 nitrogen and oxygen atoms in total. The molecule has 0 aromatic carbocycles. The zero-order valence-electron chi connectivity index (χ0n) is 23.8. The Bertz CT molecular complexity index is 975. The summed E-state index contributed by atoms with van der Waals surface area (Å²) in [6, 6.07) is 0. The lowest BCUT2D eigenvalue weighted by molar-refractivity contribution is -0.195. The number of ether oxygens (including phenoxy) is 1. The summed E-state index contributed by atoms with van der Waals surface area (Å²) in [5, 5.41) is 11.8. The fourth-order valence-electron chi connectivity index (χ4n) is 10.5. The van der Waals surface area contributed by atoms with Gasteiger partial charge in [0.05, 0.1) is 6.10 Å². The van der Waals surface area contributed by atoms with E-state index in [2.05, 4.69) is 67.5 Å². The second kappa shape index (κ2) is 7.71. The molecule has 196 valence electrons. The number of aliphatic hydroxyl groups excluding tert-OH is 1. The van der Waals surface area contributed by atoms with Crippen molar-refractivity contribution >= 4 is 5.97 Å². The molecule has 10 atom stereocenters. The number of allylic oxidation sites excluding steroid dienone is 3. The number of rotatable bonds is 1. The van der Waals surface area contributed by atoms with Crippen molar-refractivity contribution < 1.29 is 14.6 Å². The second-order valence-electron chi connectivity index (χ2n) is 14.9. The minimum Gasteiger partial charge on any atom is -0.462 e. The third kappa shape index (κ3) is 3.15. The van der Waals surface area contributed by atoms with Gasteiger partial charge in [0, 0.05) is 24.2 Å². The van der Waals surface area contributed by atoms with Gasteiger partial charge in [-0.05, 0) is 78.4 Å². The van der Waals surface area contributed by atoms with Gasteiger partial charge in [0.25, 0.3) is 0 Å². The first kappa shape index (κ1) is 25.6. The van der Waals surface area contributed by atoms with E-state index in [-0.39, 0.29) is 39.7 Å². The van der Waals surface area contributed by atoms with Gasteiger partial charge in [0.15, 0.2) is 0 Å². The predicted octanol–water partition coefficient (Wildman–Crippen LogP) is 7.49. The summed E-state index contributed by atoms with van der Waals surface area (Å²) in [7, 11) is 0. The van der Waals surface area contributed by atoms with Gasteiger partial charge in [-0.1, -0.05) is 78.7 Å². The molecule has 0 bridgehead atoms. The molecule has 0 aliphatic heterocycles. The highest BCUT2D eigenvalue weighted by atomic mass is 16.5. The Morgan fingerprint density at radius 2 is 1.63 bits per heavy atom. The van der Waals surface area contributed by atoms with Crippen molar-refractivity contribution in [2.45, 2.75) is 119 Å². The van der Waals surface area contributed by atoms with Crippen molar-refractivity contribution in [3.05, 3.63) is 23.3 Å². The Morgan fingerprint density at radius 1 is 0.943 bits per heavy atom. The van der Waals surface area contributed by atoms with E-state index in [0.717, 1.165) is 18.8 Å². The third-order valence-corrected chi connectivity index (χ3v) is 13.2. The Morgan fingerprint density at radius 3 is 2.29 bits per heavy atom. The van der Waals surface area contributed by atoms with Crippen LogP contribution in [0.25, 0.3) is 0 Å². The van der Waals surface area contributed by atoms with Crippen molar-refractivity contribution in [2.24, 2.45) is 50.7 Å². The fraction of sp³-hybridized carbons (Fsp3) is 0.844. The molecule has 5 rings (SSSR count). The second-order valence-corrected chi connectivity index (χ2v) is 14.9. The summed E-state index contributed by atoms with van der Waals surface area (Å²) in [6.45, 7) is 21.0. The zero-order chi connectivity index (χ0) is 25.8. The molecular weight excluding hydrogens is 432 g/mol. The van der Waals surface area contributed by atoms with Crippen molar-refractivity contribution in [2.75, 3.05) is 0 Å². The van der Waals surface area contributed by atoms with Crippen LogP contribution < -0.4 is 0 Å². The molecule has 5 aliphatic carbocycles. The maximum Gasteiger partial charge on any atom is 0.302 e. The van der Waals surface area contributed by atoms with Crippen LogP contribution in [0.5, 0.6) is 0 Å². The van der Waals surface area contributed by atoms with Gasteiger partial charge >= 0.3 is 5.97 Å². The number of carbonyl (C=O) groups is 1. The molecule has 0 amide bonds. The average Bonchev–Trinajstić information content (AvgIpc) is 2.76. The SMILES string of the molecule is CC(=O)O[C@H]1C[C@@H](O)[C@]2(C)C3=CC=C4[C@H]5[C@@H](C)[C@H](C)CC[C@]5(C)CC[C@@]4(C)[C@]3(C)CC[C@H]2C1(C)C. The van der Waals surface area contributed by atoms with E-state index in [4.69, 9.17) is 4.74 Å². The maximum absolute atomic E-state index is 11.9. The van der Waals surface area contributed by atoms with Crippen LogP contribution in [-0.2, 0) is 9.53 Å². The molecule has 0 heterocycles. The van der Waals surface area contributed by atoms with E-state index < -0.39 is 6.10 Å². The lowest BCUT2D eigenvalue weighted by Gasteiger charge is -2.69. The molecule has 3 heteroatoms. The van der Waals surface area contributed by atoms with E-state index in [1.165, 1.54) is 38.2 Å². The maximum atomic E-state index is 11.9. The molecule has 4 fully saturated rings. The van der Waals surface area contributed by atoms with Crippen LogP contribution in [0.1, 0.15) is 107 Å². The topological polar surface area (TPSA) is 46.5 Å². The molecule has 4 saturated carbocycles. The Balaban J connectivity index is 1.62. The largest absolute Gasteiger partial charge is 0.462 e. The monoisotopic (exact) mass is 482 g/mol. The number of hydrogen-bond donors (Lipinski definition) is 1. The molecule has 0 saturated heterocycles. The van der Waals surface area contributed by atoms with Gasteiger partial charge in [0.1, 0.15) is 6.10 Å². The molecule has 0 radical (unpaired) electrons. The quantitative estimate of drug-likeness (QED) is 0.394. The number of carbonyl (C=O) groups excluding carboxylic acids is 1. The van der Waals surface area contributed by atoms with Crippen LogP contribution in [0.4, 0.5) is 0 Å². The van der Waals surface area contributed by atoms with Gasteiger partial charge in [-0.2, -0.15) is 0 Å². The van der Waals surface area contributed by atoms with Crippen molar-refractivity contribution in [3.8, 4) is 0 Å². The lowest BCUT2D eigenvalue weighted by Crippen LogP contribution is -2.65. The number of esters is 1. The Hall–Kier alpha value is -1.09. The lowest BCUT2D eigenvalue weighted by atomic mass is 9.35. The Kier molecular flexibility index (Phi) is 5.63. The van der Waals surface area contributed by atoms with Crippen molar-refractivity contribution in [3.63, 3.8) is 0 Å². The smallest absolute Gasteiger partial charge is 0.302 e. The Labute approximate surface area is 214 Å². The summed E-state index contributed by atoms with van der Waals surface area (Å²) in [4.78, 5) is 11.9. The first-order valence-electron chi connectivity index (χ1n) is 14.4. The summed E-state index contributed by atoms with van der Waals surface area (Å²) < 4.78 is 5.80. The van der Waals surface area contributed by atoms with Crippen LogP contribution >= 0.6 is 0 Å². The molecule has 1 N–H and O–H groups in total. The van der Waals surface area contributed by atoms with Crippen LogP contribution in [0.15, 0.2) is 23.3 Å². The van der Waals surface area contributed by atoms with E-state index in [1.807, 2.05) is 0 Å². The van der Waals surface area contributed by atoms with Crippen LogP contribution in [-0.4, -0.2) is 23.3 Å². The highest BCUT2D eigenvalue weighted by Crippen LogP contribution is 2.74. The molecule has 0 aromatic heterocycles. The normalized spacial score (nSPS) is 52.6.